The summed E-state index contributed by atoms with van der Waals surface area (Å²) in [5.41, 5.74) is 1.56. The van der Waals surface area contributed by atoms with Crippen molar-refractivity contribution in [1.29, 1.82) is 0 Å². The molecule has 1 amide bonds. The Balaban J connectivity index is 1.82. The van der Waals surface area contributed by atoms with Gasteiger partial charge >= 0.3 is 0 Å². The quantitative estimate of drug-likeness (QED) is 0.475. The molecule has 24 heavy (non-hydrogen) atoms. The number of carbonyl (C=O) groups is 1. The summed E-state index contributed by atoms with van der Waals surface area (Å²) >= 11 is 18.7. The summed E-state index contributed by atoms with van der Waals surface area (Å²) in [6, 6.07) is 14.6. The molecule has 0 unspecified atom stereocenters. The Hall–Kier alpha value is -1.59. The van der Waals surface area contributed by atoms with Crippen molar-refractivity contribution in [2.45, 2.75) is 0 Å². The van der Waals surface area contributed by atoms with Gasteiger partial charge in [0.1, 0.15) is 0 Å². The van der Waals surface area contributed by atoms with E-state index < -0.39 is 0 Å². The maximum absolute atomic E-state index is 12.6. The average Bonchev–Trinajstić information content (AvgIpc) is 2.83. The summed E-state index contributed by atoms with van der Waals surface area (Å²) in [4.78, 5) is 14.6. The fourth-order valence-corrected chi connectivity index (χ4v) is 3.80. The molecule has 1 heterocycles. The number of benzene rings is 2. The lowest BCUT2D eigenvalue weighted by atomic mass is 10.2. The first-order valence-electron chi connectivity index (χ1n) is 7.01. The van der Waals surface area contributed by atoms with Crippen LogP contribution < -0.4 is 4.90 Å². The third-order valence-electron chi connectivity index (χ3n) is 3.29. The van der Waals surface area contributed by atoms with E-state index in [0.717, 1.165) is 5.56 Å². The average molecular weight is 392 g/mol. The van der Waals surface area contributed by atoms with Crippen LogP contribution in [0.3, 0.4) is 0 Å². The lowest BCUT2D eigenvalue weighted by Gasteiger charge is -2.14. The molecule has 0 aliphatic carbocycles. The Morgan fingerprint density at radius 1 is 1.08 bits per heavy atom. The summed E-state index contributed by atoms with van der Waals surface area (Å²) in [7, 11) is 0. The summed E-state index contributed by atoms with van der Waals surface area (Å²) < 4.78 is 0.486. The fraction of sp³-hybridized carbons (Fsp3) is 0. The maximum Gasteiger partial charge on any atom is 0.270 e. The molecule has 1 aliphatic rings. The third kappa shape index (κ3) is 3.73. The van der Waals surface area contributed by atoms with Crippen molar-refractivity contribution in [1.82, 2.24) is 0 Å². The first-order chi connectivity index (χ1) is 11.6. The summed E-state index contributed by atoms with van der Waals surface area (Å²) in [5.74, 6) is -0.156. The SMILES string of the molecule is O=C1C(=CC=Cc2ccccc2Cl)SC(=S)N1c1cccc(Cl)c1. The largest absolute Gasteiger partial charge is 0.270 e. The Morgan fingerprint density at radius 2 is 1.88 bits per heavy atom. The van der Waals surface area contributed by atoms with Crippen LogP contribution in [-0.2, 0) is 4.79 Å². The van der Waals surface area contributed by atoms with Gasteiger partial charge in [-0.15, -0.1) is 0 Å². The van der Waals surface area contributed by atoms with Gasteiger partial charge in [-0.05, 0) is 35.9 Å². The smallest absolute Gasteiger partial charge is 0.268 e. The van der Waals surface area contributed by atoms with E-state index >= 15 is 0 Å². The highest BCUT2D eigenvalue weighted by atomic mass is 35.5. The molecule has 0 atom stereocenters. The molecule has 0 saturated carbocycles. The van der Waals surface area contributed by atoms with E-state index in [1.165, 1.54) is 16.7 Å². The molecule has 1 fully saturated rings. The van der Waals surface area contributed by atoms with Crippen LogP contribution in [0.5, 0.6) is 0 Å². The molecular formula is C18H11Cl2NOS2. The normalized spacial score (nSPS) is 16.6. The maximum atomic E-state index is 12.6. The number of hydrogen-bond donors (Lipinski definition) is 0. The van der Waals surface area contributed by atoms with Crippen LogP contribution in [0, 0.1) is 0 Å². The molecule has 120 valence electrons. The van der Waals surface area contributed by atoms with Crippen molar-refractivity contribution in [3.05, 3.63) is 81.2 Å². The van der Waals surface area contributed by atoms with Gasteiger partial charge in [0.05, 0.1) is 10.6 Å². The lowest BCUT2D eigenvalue weighted by molar-refractivity contribution is -0.113. The van der Waals surface area contributed by atoms with Gasteiger partial charge in [-0.2, -0.15) is 0 Å². The highest BCUT2D eigenvalue weighted by Gasteiger charge is 2.32. The minimum absolute atomic E-state index is 0.156. The van der Waals surface area contributed by atoms with Crippen LogP contribution >= 0.6 is 47.2 Å². The van der Waals surface area contributed by atoms with E-state index in [9.17, 15) is 4.79 Å². The van der Waals surface area contributed by atoms with Gasteiger partial charge in [-0.25, -0.2) is 0 Å². The molecule has 0 bridgehead atoms. The second-order valence-electron chi connectivity index (χ2n) is 4.90. The van der Waals surface area contributed by atoms with Gasteiger partial charge in [0.2, 0.25) is 0 Å². The van der Waals surface area contributed by atoms with Crippen molar-refractivity contribution in [2.75, 3.05) is 4.90 Å². The van der Waals surface area contributed by atoms with Crippen LogP contribution in [0.15, 0.2) is 65.6 Å². The molecule has 2 aromatic carbocycles. The zero-order valence-corrected chi connectivity index (χ0v) is 15.4. The number of amides is 1. The highest BCUT2D eigenvalue weighted by Crippen LogP contribution is 2.35. The third-order valence-corrected chi connectivity index (χ3v) is 5.19. The molecule has 1 saturated heterocycles. The van der Waals surface area contributed by atoms with E-state index in [2.05, 4.69) is 0 Å². The van der Waals surface area contributed by atoms with E-state index in [4.69, 9.17) is 35.4 Å². The zero-order valence-electron chi connectivity index (χ0n) is 12.3. The van der Waals surface area contributed by atoms with Crippen LogP contribution in [-0.4, -0.2) is 10.2 Å². The number of thiocarbonyl (C=S) groups is 1. The predicted octanol–water partition coefficient (Wildman–Crippen LogP) is 5.96. The van der Waals surface area contributed by atoms with E-state index in [1.54, 1.807) is 36.4 Å². The van der Waals surface area contributed by atoms with E-state index in [0.29, 0.717) is 25.0 Å². The van der Waals surface area contributed by atoms with Gasteiger partial charge in [0.15, 0.2) is 4.32 Å². The molecule has 6 heteroatoms. The zero-order chi connectivity index (χ0) is 17.1. The topological polar surface area (TPSA) is 20.3 Å². The molecule has 2 nitrogen and oxygen atoms in total. The van der Waals surface area contributed by atoms with Gasteiger partial charge in [-0.3, -0.25) is 9.69 Å². The minimum atomic E-state index is -0.156. The summed E-state index contributed by atoms with van der Waals surface area (Å²) in [6.07, 6.45) is 5.40. The number of allylic oxidation sites excluding steroid dienone is 2. The molecule has 0 N–H and O–H groups in total. The summed E-state index contributed by atoms with van der Waals surface area (Å²) in [5, 5.41) is 1.22. The second kappa shape index (κ2) is 7.53. The lowest BCUT2D eigenvalue weighted by Crippen LogP contribution is -2.27. The Bertz CT molecular complexity index is 877. The number of hydrogen-bond acceptors (Lipinski definition) is 3. The number of nitrogens with zero attached hydrogens (tertiary/aromatic N) is 1. The van der Waals surface area contributed by atoms with Crippen molar-refractivity contribution >= 4 is 69.2 Å². The fourth-order valence-electron chi connectivity index (χ4n) is 2.17. The first kappa shape index (κ1) is 17.2. The number of anilines is 1. The Labute approximate surface area is 159 Å². The predicted molar refractivity (Wildman–Crippen MR) is 108 cm³/mol. The highest BCUT2D eigenvalue weighted by molar-refractivity contribution is 8.27. The number of rotatable bonds is 3. The van der Waals surface area contributed by atoms with Gasteiger partial charge in [0, 0.05) is 10.0 Å². The van der Waals surface area contributed by atoms with Gasteiger partial charge in [0.25, 0.3) is 5.91 Å². The van der Waals surface area contributed by atoms with Crippen LogP contribution in [0.4, 0.5) is 5.69 Å². The Kier molecular flexibility index (Phi) is 5.41. The molecule has 3 rings (SSSR count). The molecule has 0 radical (unpaired) electrons. The molecule has 0 aromatic heterocycles. The van der Waals surface area contributed by atoms with Crippen LogP contribution in [0.2, 0.25) is 10.0 Å². The van der Waals surface area contributed by atoms with Crippen molar-refractivity contribution in [3.8, 4) is 0 Å². The van der Waals surface area contributed by atoms with Crippen LogP contribution in [0.1, 0.15) is 5.56 Å². The van der Waals surface area contributed by atoms with Crippen LogP contribution in [0.25, 0.3) is 6.08 Å². The Morgan fingerprint density at radius 3 is 2.62 bits per heavy atom. The number of carbonyl (C=O) groups excluding carboxylic acids is 1. The van der Waals surface area contributed by atoms with Crippen molar-refractivity contribution in [3.63, 3.8) is 0 Å². The number of thioether (sulfide) groups is 1. The summed E-state index contributed by atoms with van der Waals surface area (Å²) in [6.45, 7) is 0. The number of halogens is 2. The van der Waals surface area contributed by atoms with Gasteiger partial charge < -0.3 is 0 Å². The molecule has 0 spiro atoms. The first-order valence-corrected chi connectivity index (χ1v) is 8.99. The van der Waals surface area contributed by atoms with Crippen molar-refractivity contribution < 1.29 is 4.79 Å². The minimum Gasteiger partial charge on any atom is -0.268 e. The monoisotopic (exact) mass is 391 g/mol. The van der Waals surface area contributed by atoms with Crippen molar-refractivity contribution in [2.24, 2.45) is 0 Å². The van der Waals surface area contributed by atoms with E-state index in [-0.39, 0.29) is 5.91 Å². The molecular weight excluding hydrogens is 381 g/mol. The standard InChI is InChI=1S/C18H11Cl2NOS2/c19-13-7-4-8-14(11-13)21-17(22)16(24-18(21)23)10-3-6-12-5-1-2-9-15(12)20/h1-11H. The van der Waals surface area contributed by atoms with E-state index in [1.807, 2.05) is 30.3 Å². The molecule has 2 aromatic rings. The molecule has 1 aliphatic heterocycles. The second-order valence-corrected chi connectivity index (χ2v) is 7.42. The van der Waals surface area contributed by atoms with Gasteiger partial charge in [-0.1, -0.05) is 83.6 Å².